The van der Waals surface area contributed by atoms with Crippen LogP contribution in [0, 0.1) is 0 Å². The van der Waals surface area contributed by atoms with E-state index in [1.165, 1.54) is 0 Å². The summed E-state index contributed by atoms with van der Waals surface area (Å²) in [6, 6.07) is 13.9. The second-order valence-electron chi connectivity index (χ2n) is 6.15. The van der Waals surface area contributed by atoms with E-state index >= 15 is 0 Å². The van der Waals surface area contributed by atoms with Gasteiger partial charge in [-0.3, -0.25) is 15.4 Å². The van der Waals surface area contributed by atoms with Crippen molar-refractivity contribution < 1.29 is 28.6 Å². The first kappa shape index (κ1) is 24.2. The van der Waals surface area contributed by atoms with Gasteiger partial charge >= 0.3 is 12.2 Å². The van der Waals surface area contributed by atoms with E-state index in [4.69, 9.17) is 14.2 Å². The number of alkyl carbamates (subject to hydrolysis) is 2. The first-order valence-electron chi connectivity index (χ1n) is 10.1. The Morgan fingerprint density at radius 3 is 2.03 bits per heavy atom. The van der Waals surface area contributed by atoms with Gasteiger partial charge < -0.3 is 19.5 Å². The molecule has 3 N–H and O–H groups in total. The van der Waals surface area contributed by atoms with E-state index in [1.54, 1.807) is 51.1 Å². The Labute approximate surface area is 186 Å². The Morgan fingerprint density at radius 1 is 0.844 bits per heavy atom. The number of carbonyl (C=O) groups is 3. The van der Waals surface area contributed by atoms with Crippen molar-refractivity contribution in [2.45, 2.75) is 27.2 Å². The first-order valence-corrected chi connectivity index (χ1v) is 10.1. The Balaban J connectivity index is 2.39. The van der Waals surface area contributed by atoms with Crippen LogP contribution in [0.2, 0.25) is 0 Å². The molecule has 2 aromatic rings. The highest BCUT2D eigenvalue weighted by Crippen LogP contribution is 2.32. The molecule has 10 nitrogen and oxygen atoms in total. The van der Waals surface area contributed by atoms with Gasteiger partial charge in [-0.2, -0.15) is 0 Å². The van der Waals surface area contributed by atoms with Crippen molar-refractivity contribution in [2.75, 3.05) is 18.5 Å². The molecule has 0 aromatic heterocycles. The fourth-order valence-corrected chi connectivity index (χ4v) is 2.37. The summed E-state index contributed by atoms with van der Waals surface area (Å²) < 4.78 is 15.5. The average Bonchev–Trinajstić information content (AvgIpc) is 2.76. The number of anilines is 1. The molecule has 2 aromatic carbocycles. The van der Waals surface area contributed by atoms with Crippen LogP contribution in [-0.4, -0.2) is 37.3 Å². The normalized spacial score (nSPS) is 9.84. The Hall–Kier alpha value is -4.08. The van der Waals surface area contributed by atoms with Gasteiger partial charge in [-0.25, -0.2) is 14.6 Å². The second kappa shape index (κ2) is 12.6. The topological polar surface area (TPSA) is 127 Å². The molecule has 0 aliphatic carbocycles. The van der Waals surface area contributed by atoms with Crippen molar-refractivity contribution >= 4 is 35.4 Å². The molecule has 10 heteroatoms. The molecule has 32 heavy (non-hydrogen) atoms. The molecule has 0 unspecified atom stereocenters. The lowest BCUT2D eigenvalue weighted by atomic mass is 10.2. The molecule has 2 rings (SSSR count). The summed E-state index contributed by atoms with van der Waals surface area (Å²) in [4.78, 5) is 40.0. The van der Waals surface area contributed by atoms with Gasteiger partial charge in [0.15, 0.2) is 0 Å². The molecule has 0 spiro atoms. The third-order valence-corrected chi connectivity index (χ3v) is 3.77. The molecule has 0 atom stereocenters. The third kappa shape index (κ3) is 7.98. The molecular formula is C22H26N4O6. The maximum atomic E-state index is 12.0. The second-order valence-corrected chi connectivity index (χ2v) is 6.15. The molecule has 0 aliphatic rings. The van der Waals surface area contributed by atoms with Gasteiger partial charge in [-0.05, 0) is 38.1 Å². The van der Waals surface area contributed by atoms with E-state index in [9.17, 15) is 14.4 Å². The molecule has 0 aliphatic heterocycles. The summed E-state index contributed by atoms with van der Waals surface area (Å²) in [5, 5.41) is 7.41. The van der Waals surface area contributed by atoms with Crippen LogP contribution in [0.5, 0.6) is 11.5 Å². The van der Waals surface area contributed by atoms with Gasteiger partial charge in [0, 0.05) is 12.5 Å². The number of nitrogens with zero attached hydrogens (tertiary/aromatic N) is 1. The fourth-order valence-electron chi connectivity index (χ4n) is 2.37. The standard InChI is InChI=1S/C22H26N4O6/c1-4-19(27)23-18-14-16(32-15-10-8-7-9-11-15)12-13-17(18)24-20(25-21(28)30-5-2)26-22(29)31-6-3/h7-14H,4-6H2,1-3H3,(H,23,27)(H2,24,25,26,28,29). The minimum atomic E-state index is -0.814. The van der Waals surface area contributed by atoms with Crippen LogP contribution in [0.4, 0.5) is 21.0 Å². The Kier molecular flexibility index (Phi) is 9.51. The van der Waals surface area contributed by atoms with Gasteiger partial charge in [0.1, 0.15) is 11.5 Å². The number of amides is 3. The van der Waals surface area contributed by atoms with Crippen LogP contribution < -0.4 is 20.7 Å². The minimum absolute atomic E-state index is 0.127. The lowest BCUT2D eigenvalue weighted by Gasteiger charge is -2.14. The number of para-hydroxylation sites is 1. The van der Waals surface area contributed by atoms with Crippen LogP contribution in [0.15, 0.2) is 53.5 Å². The molecule has 0 saturated heterocycles. The zero-order valence-electron chi connectivity index (χ0n) is 18.1. The van der Waals surface area contributed by atoms with E-state index in [0.29, 0.717) is 17.2 Å². The molecule has 0 fully saturated rings. The van der Waals surface area contributed by atoms with Crippen LogP contribution in [0.25, 0.3) is 0 Å². The monoisotopic (exact) mass is 442 g/mol. The summed E-state index contributed by atoms with van der Waals surface area (Å²) in [7, 11) is 0. The quantitative estimate of drug-likeness (QED) is 0.433. The first-order chi connectivity index (χ1) is 15.4. The van der Waals surface area contributed by atoms with Crippen molar-refractivity contribution in [1.29, 1.82) is 0 Å². The van der Waals surface area contributed by atoms with Crippen LogP contribution in [0.1, 0.15) is 27.2 Å². The molecule has 0 radical (unpaired) electrons. The highest BCUT2D eigenvalue weighted by atomic mass is 16.6. The van der Waals surface area contributed by atoms with E-state index < -0.39 is 12.2 Å². The molecule has 0 bridgehead atoms. The number of hydrogen-bond donors (Lipinski definition) is 3. The SMILES string of the molecule is CCOC(=O)NC(=Nc1ccc(Oc2ccccc2)cc1NC(=O)CC)NC(=O)OCC. The van der Waals surface area contributed by atoms with Crippen molar-refractivity contribution in [3.8, 4) is 11.5 Å². The molecular weight excluding hydrogens is 416 g/mol. The van der Waals surface area contributed by atoms with Gasteiger partial charge in [-0.15, -0.1) is 0 Å². The van der Waals surface area contributed by atoms with E-state index in [1.807, 2.05) is 18.2 Å². The minimum Gasteiger partial charge on any atom is -0.457 e. The highest BCUT2D eigenvalue weighted by Gasteiger charge is 2.14. The number of nitrogens with one attached hydrogen (secondary N) is 3. The van der Waals surface area contributed by atoms with E-state index in [2.05, 4.69) is 20.9 Å². The van der Waals surface area contributed by atoms with Gasteiger partial charge in [0.05, 0.1) is 24.6 Å². The highest BCUT2D eigenvalue weighted by molar-refractivity contribution is 6.03. The summed E-state index contributed by atoms with van der Waals surface area (Å²) in [6.45, 7) is 5.24. The van der Waals surface area contributed by atoms with Crippen molar-refractivity contribution in [3.05, 3.63) is 48.5 Å². The lowest BCUT2D eigenvalue weighted by Crippen LogP contribution is -2.44. The van der Waals surface area contributed by atoms with Gasteiger partial charge in [0.2, 0.25) is 11.9 Å². The van der Waals surface area contributed by atoms with Crippen molar-refractivity contribution in [2.24, 2.45) is 4.99 Å². The molecule has 170 valence electrons. The van der Waals surface area contributed by atoms with Gasteiger partial charge in [0.25, 0.3) is 0 Å². The number of guanidine groups is 1. The number of benzene rings is 2. The molecule has 0 saturated carbocycles. The average molecular weight is 442 g/mol. The largest absolute Gasteiger partial charge is 0.457 e. The number of rotatable bonds is 7. The number of aliphatic imine (C=N–C) groups is 1. The van der Waals surface area contributed by atoms with Crippen molar-refractivity contribution in [1.82, 2.24) is 10.6 Å². The smallest absolute Gasteiger partial charge is 0.413 e. The van der Waals surface area contributed by atoms with E-state index in [0.717, 1.165) is 0 Å². The third-order valence-electron chi connectivity index (χ3n) is 3.77. The zero-order valence-corrected chi connectivity index (χ0v) is 18.1. The summed E-state index contributed by atoms with van der Waals surface area (Å²) >= 11 is 0. The van der Waals surface area contributed by atoms with Crippen LogP contribution in [0.3, 0.4) is 0 Å². The molecule has 3 amide bonds. The molecule has 0 heterocycles. The summed E-state index contributed by atoms with van der Waals surface area (Å²) in [6.07, 6.45) is -1.39. The van der Waals surface area contributed by atoms with E-state index in [-0.39, 0.29) is 37.2 Å². The number of hydrogen-bond acceptors (Lipinski definition) is 7. The van der Waals surface area contributed by atoms with Crippen molar-refractivity contribution in [3.63, 3.8) is 0 Å². The Bertz CT molecular complexity index is 940. The number of ether oxygens (including phenoxy) is 3. The maximum Gasteiger partial charge on any atom is 0.413 e. The van der Waals surface area contributed by atoms with Gasteiger partial charge in [-0.1, -0.05) is 25.1 Å². The predicted octanol–water partition coefficient (Wildman–Crippen LogP) is 4.31. The summed E-state index contributed by atoms with van der Waals surface area (Å²) in [5.41, 5.74) is 0.579. The Morgan fingerprint density at radius 2 is 1.47 bits per heavy atom. The number of carbonyl (C=O) groups excluding carboxylic acids is 3. The lowest BCUT2D eigenvalue weighted by molar-refractivity contribution is -0.115. The van der Waals surface area contributed by atoms with Crippen LogP contribution in [-0.2, 0) is 14.3 Å². The predicted molar refractivity (Wildman–Crippen MR) is 119 cm³/mol. The zero-order chi connectivity index (χ0) is 23.3. The maximum absolute atomic E-state index is 12.0. The van der Waals surface area contributed by atoms with Crippen LogP contribution >= 0.6 is 0 Å². The fraction of sp³-hybridized carbons (Fsp3) is 0.273. The summed E-state index contributed by atoms with van der Waals surface area (Å²) in [5.74, 6) is 0.590.